The van der Waals surface area contributed by atoms with Crippen molar-refractivity contribution in [1.29, 1.82) is 0 Å². The zero-order chi connectivity index (χ0) is 7.94. The van der Waals surface area contributed by atoms with E-state index >= 15 is 0 Å². The monoisotopic (exact) mass is 162 g/mol. The average molecular weight is 162 g/mol. The highest BCUT2D eigenvalue weighted by Crippen LogP contribution is 1.99. The van der Waals surface area contributed by atoms with Crippen LogP contribution in [0.2, 0.25) is 0 Å². The fraction of sp³-hybridized carbons (Fsp3) is 1.00. The first kappa shape index (κ1) is 8.93. The molecule has 0 aliphatic carbocycles. The van der Waals surface area contributed by atoms with E-state index in [1.165, 1.54) is 0 Å². The van der Waals surface area contributed by atoms with Gasteiger partial charge in [0.05, 0.1) is 26.4 Å². The molecule has 4 nitrogen and oxygen atoms in total. The summed E-state index contributed by atoms with van der Waals surface area (Å²) in [5, 5.41) is 0. The van der Waals surface area contributed by atoms with Gasteiger partial charge < -0.3 is 18.9 Å². The first-order valence-corrected chi connectivity index (χ1v) is 3.78. The van der Waals surface area contributed by atoms with Gasteiger partial charge in [-0.05, 0) is 6.92 Å². The van der Waals surface area contributed by atoms with Crippen molar-refractivity contribution in [2.45, 2.75) is 13.2 Å². The fourth-order valence-electron chi connectivity index (χ4n) is 0.771. The van der Waals surface area contributed by atoms with Gasteiger partial charge in [0.2, 0.25) is 0 Å². The molecule has 2 heterocycles. The summed E-state index contributed by atoms with van der Waals surface area (Å²) in [5.41, 5.74) is 0. The minimum atomic E-state index is 0.0463. The van der Waals surface area contributed by atoms with Gasteiger partial charge in [0.15, 0.2) is 6.29 Å². The van der Waals surface area contributed by atoms with Crippen molar-refractivity contribution in [2.75, 3.05) is 33.2 Å². The van der Waals surface area contributed by atoms with Crippen LogP contribution < -0.4 is 0 Å². The van der Waals surface area contributed by atoms with Gasteiger partial charge in [-0.2, -0.15) is 0 Å². The number of hydrogen-bond donors (Lipinski definition) is 0. The van der Waals surface area contributed by atoms with Gasteiger partial charge in [0.1, 0.15) is 6.79 Å². The van der Waals surface area contributed by atoms with E-state index in [1.54, 1.807) is 0 Å². The van der Waals surface area contributed by atoms with Gasteiger partial charge in [0, 0.05) is 0 Å². The maximum Gasteiger partial charge on any atom is 0.155 e. The molecule has 0 amide bonds. The van der Waals surface area contributed by atoms with E-state index in [9.17, 15) is 0 Å². The highest BCUT2D eigenvalue weighted by molar-refractivity contribution is 4.40. The van der Waals surface area contributed by atoms with Crippen molar-refractivity contribution in [1.82, 2.24) is 0 Å². The topological polar surface area (TPSA) is 36.9 Å². The minimum absolute atomic E-state index is 0.0463. The number of hydrogen-bond acceptors (Lipinski definition) is 4. The Balaban J connectivity index is 0.000000112. The molecular formula is C7H14O4. The lowest BCUT2D eigenvalue weighted by Gasteiger charge is -1.94. The maximum absolute atomic E-state index is 4.93. The Bertz CT molecular complexity index is 78.8. The van der Waals surface area contributed by atoms with Crippen LogP contribution in [-0.2, 0) is 18.9 Å². The summed E-state index contributed by atoms with van der Waals surface area (Å²) >= 11 is 0. The molecule has 0 aromatic heterocycles. The Labute approximate surface area is 66.4 Å². The molecule has 11 heavy (non-hydrogen) atoms. The summed E-state index contributed by atoms with van der Waals surface area (Å²) in [6, 6.07) is 0. The second kappa shape index (κ2) is 5.49. The largest absolute Gasteiger partial charge is 0.353 e. The molecule has 66 valence electrons. The van der Waals surface area contributed by atoms with E-state index < -0.39 is 0 Å². The molecule has 0 atom stereocenters. The summed E-state index contributed by atoms with van der Waals surface area (Å²) in [5.74, 6) is 0. The fourth-order valence-corrected chi connectivity index (χ4v) is 0.771. The normalized spacial score (nSPS) is 24.8. The summed E-state index contributed by atoms with van der Waals surface area (Å²) in [4.78, 5) is 0. The third-order valence-electron chi connectivity index (χ3n) is 1.33. The molecule has 0 spiro atoms. The number of rotatable bonds is 0. The van der Waals surface area contributed by atoms with Crippen LogP contribution in [0.5, 0.6) is 0 Å². The molecule has 0 aromatic carbocycles. The second-order valence-corrected chi connectivity index (χ2v) is 2.24. The van der Waals surface area contributed by atoms with Crippen molar-refractivity contribution in [2.24, 2.45) is 0 Å². The predicted molar refractivity (Wildman–Crippen MR) is 38.1 cm³/mol. The van der Waals surface area contributed by atoms with Gasteiger partial charge in [-0.25, -0.2) is 0 Å². The van der Waals surface area contributed by atoms with E-state index in [-0.39, 0.29) is 6.29 Å². The average Bonchev–Trinajstić information content (AvgIpc) is 2.57. The first-order chi connectivity index (χ1) is 5.39. The first-order valence-electron chi connectivity index (χ1n) is 3.78. The summed E-state index contributed by atoms with van der Waals surface area (Å²) < 4.78 is 19.3. The molecule has 0 unspecified atom stereocenters. The van der Waals surface area contributed by atoms with Crippen LogP contribution >= 0.6 is 0 Å². The molecule has 2 fully saturated rings. The van der Waals surface area contributed by atoms with E-state index in [1.807, 2.05) is 6.92 Å². The van der Waals surface area contributed by atoms with Crippen molar-refractivity contribution in [3.8, 4) is 0 Å². The summed E-state index contributed by atoms with van der Waals surface area (Å²) in [6.45, 7) is 5.48. The zero-order valence-corrected chi connectivity index (χ0v) is 6.75. The van der Waals surface area contributed by atoms with Crippen LogP contribution in [0.3, 0.4) is 0 Å². The lowest BCUT2D eigenvalue weighted by atomic mass is 10.8. The molecule has 0 N–H and O–H groups in total. The van der Waals surface area contributed by atoms with Crippen LogP contribution in [-0.4, -0.2) is 39.5 Å². The van der Waals surface area contributed by atoms with Crippen LogP contribution in [0.15, 0.2) is 0 Å². The van der Waals surface area contributed by atoms with E-state index in [4.69, 9.17) is 18.9 Å². The van der Waals surface area contributed by atoms with Gasteiger partial charge in [-0.3, -0.25) is 0 Å². The van der Waals surface area contributed by atoms with Crippen LogP contribution in [0.25, 0.3) is 0 Å². The molecule has 0 aromatic rings. The molecule has 0 radical (unpaired) electrons. The SMILES string of the molecule is C1COCO1.CC1OCCO1. The maximum atomic E-state index is 4.93. The Morgan fingerprint density at radius 1 is 0.909 bits per heavy atom. The zero-order valence-electron chi connectivity index (χ0n) is 6.75. The third-order valence-corrected chi connectivity index (χ3v) is 1.33. The minimum Gasteiger partial charge on any atom is -0.353 e. The molecule has 2 saturated heterocycles. The Kier molecular flexibility index (Phi) is 4.45. The van der Waals surface area contributed by atoms with Crippen LogP contribution in [0.4, 0.5) is 0 Å². The van der Waals surface area contributed by atoms with Crippen molar-refractivity contribution in [3.63, 3.8) is 0 Å². The Morgan fingerprint density at radius 2 is 1.45 bits per heavy atom. The van der Waals surface area contributed by atoms with Crippen LogP contribution in [0, 0.1) is 0 Å². The van der Waals surface area contributed by atoms with E-state index in [0.29, 0.717) is 6.79 Å². The third kappa shape index (κ3) is 4.31. The smallest absolute Gasteiger partial charge is 0.155 e. The lowest BCUT2D eigenvalue weighted by Crippen LogP contribution is -1.97. The highest BCUT2D eigenvalue weighted by atomic mass is 16.7. The molecule has 4 heteroatoms. The molecule has 0 bridgehead atoms. The van der Waals surface area contributed by atoms with Gasteiger partial charge in [-0.15, -0.1) is 0 Å². The lowest BCUT2D eigenvalue weighted by molar-refractivity contribution is -0.0254. The highest BCUT2D eigenvalue weighted by Gasteiger charge is 2.07. The predicted octanol–water partition coefficient (Wildman–Crippen LogP) is 0.370. The van der Waals surface area contributed by atoms with Crippen molar-refractivity contribution in [3.05, 3.63) is 0 Å². The summed E-state index contributed by atoms with van der Waals surface area (Å²) in [7, 11) is 0. The second-order valence-electron chi connectivity index (χ2n) is 2.24. The summed E-state index contributed by atoms with van der Waals surface area (Å²) in [6.07, 6.45) is 0.0463. The molecular weight excluding hydrogens is 148 g/mol. The van der Waals surface area contributed by atoms with Crippen molar-refractivity contribution < 1.29 is 18.9 Å². The van der Waals surface area contributed by atoms with Gasteiger partial charge in [-0.1, -0.05) is 0 Å². The Hall–Kier alpha value is -0.160. The van der Waals surface area contributed by atoms with E-state index in [0.717, 1.165) is 26.4 Å². The molecule has 2 aliphatic rings. The van der Waals surface area contributed by atoms with E-state index in [2.05, 4.69) is 0 Å². The van der Waals surface area contributed by atoms with Gasteiger partial charge >= 0.3 is 0 Å². The molecule has 2 rings (SSSR count). The molecule has 0 saturated carbocycles. The van der Waals surface area contributed by atoms with Gasteiger partial charge in [0.25, 0.3) is 0 Å². The Morgan fingerprint density at radius 3 is 1.64 bits per heavy atom. The van der Waals surface area contributed by atoms with Crippen molar-refractivity contribution >= 4 is 0 Å². The van der Waals surface area contributed by atoms with Crippen LogP contribution in [0.1, 0.15) is 6.92 Å². The number of ether oxygens (including phenoxy) is 4. The quantitative estimate of drug-likeness (QED) is 0.515. The molecule has 2 aliphatic heterocycles. The standard InChI is InChI=1S/C4H8O2.C3H6O2/c1-4-5-2-3-6-4;1-2-5-3-4-1/h4H,2-3H2,1H3;1-3H2.